The minimum absolute atomic E-state index is 0.0475. The van der Waals surface area contributed by atoms with Gasteiger partial charge in [-0.3, -0.25) is 0 Å². The molecule has 1 aliphatic rings. The Morgan fingerprint density at radius 3 is 2.80 bits per heavy atom. The molecule has 2 unspecified atom stereocenters. The van der Waals surface area contributed by atoms with Crippen molar-refractivity contribution in [3.8, 4) is 0 Å². The Balaban J connectivity index is 2.13. The van der Waals surface area contributed by atoms with Gasteiger partial charge >= 0.3 is 0 Å². The van der Waals surface area contributed by atoms with Crippen LogP contribution in [0.5, 0.6) is 0 Å². The number of benzene rings is 1. The summed E-state index contributed by atoms with van der Waals surface area (Å²) in [5.41, 5.74) is 0.363. The van der Waals surface area contributed by atoms with Gasteiger partial charge in [-0.15, -0.1) is 0 Å². The van der Waals surface area contributed by atoms with Gasteiger partial charge in [0.05, 0.1) is 6.10 Å². The molecule has 2 atom stereocenters. The largest absolute Gasteiger partial charge is 0.392 e. The molecule has 4 heteroatoms. The van der Waals surface area contributed by atoms with Gasteiger partial charge < -0.3 is 5.11 Å². The Bertz CT molecular complexity index is 356. The van der Waals surface area contributed by atoms with Crippen molar-refractivity contribution in [2.75, 3.05) is 11.5 Å². The lowest BCUT2D eigenvalue weighted by atomic mass is 9.96. The predicted molar refractivity (Wildman–Crippen MR) is 56.9 cm³/mol. The van der Waals surface area contributed by atoms with Crippen molar-refractivity contribution in [2.45, 2.75) is 12.5 Å². The first-order valence-corrected chi connectivity index (χ1v) is 6.02. The number of thioether (sulfide) groups is 1. The molecule has 1 heterocycles. The molecule has 0 bridgehead atoms. The van der Waals surface area contributed by atoms with Crippen molar-refractivity contribution >= 4 is 11.8 Å². The molecule has 0 aromatic heterocycles. The van der Waals surface area contributed by atoms with Crippen LogP contribution in [0.25, 0.3) is 0 Å². The summed E-state index contributed by atoms with van der Waals surface area (Å²) in [6, 6.07) is 4.19. The molecular formula is C11H12F2OS. The summed E-state index contributed by atoms with van der Waals surface area (Å²) >= 11 is 1.65. The number of hydrogen-bond acceptors (Lipinski definition) is 2. The van der Waals surface area contributed by atoms with E-state index in [1.165, 1.54) is 6.07 Å². The fourth-order valence-electron chi connectivity index (χ4n) is 1.77. The van der Waals surface area contributed by atoms with Crippen molar-refractivity contribution in [1.29, 1.82) is 0 Å². The average Bonchev–Trinajstić information content (AvgIpc) is 2.60. The topological polar surface area (TPSA) is 20.2 Å². The van der Waals surface area contributed by atoms with Gasteiger partial charge in [0.2, 0.25) is 0 Å². The highest BCUT2D eigenvalue weighted by molar-refractivity contribution is 7.99. The Morgan fingerprint density at radius 1 is 1.33 bits per heavy atom. The van der Waals surface area contributed by atoms with E-state index >= 15 is 0 Å². The second kappa shape index (κ2) is 4.49. The number of halogens is 2. The van der Waals surface area contributed by atoms with Crippen LogP contribution in [0.2, 0.25) is 0 Å². The van der Waals surface area contributed by atoms with E-state index in [4.69, 9.17) is 0 Å². The van der Waals surface area contributed by atoms with Gasteiger partial charge in [-0.2, -0.15) is 11.8 Å². The molecule has 82 valence electrons. The van der Waals surface area contributed by atoms with Crippen LogP contribution in [0.3, 0.4) is 0 Å². The zero-order valence-electron chi connectivity index (χ0n) is 8.12. The van der Waals surface area contributed by atoms with E-state index in [1.807, 2.05) is 0 Å². The molecule has 0 radical (unpaired) electrons. The molecule has 1 saturated heterocycles. The number of aliphatic hydroxyl groups is 1. The third-order valence-corrected chi connectivity index (χ3v) is 3.92. The van der Waals surface area contributed by atoms with E-state index in [-0.39, 0.29) is 5.92 Å². The van der Waals surface area contributed by atoms with Crippen LogP contribution in [-0.4, -0.2) is 22.7 Å². The van der Waals surface area contributed by atoms with Gasteiger partial charge in [-0.1, -0.05) is 12.1 Å². The standard InChI is InChI=1S/C11H12F2OS/c12-9-3-1-2-7(11(9)13)4-8-5-15-6-10(8)14/h1-3,8,10,14H,4-6H2. The molecule has 0 spiro atoms. The molecule has 0 saturated carbocycles. The molecule has 1 aromatic carbocycles. The van der Waals surface area contributed by atoms with Gasteiger partial charge in [0.15, 0.2) is 11.6 Å². The molecule has 1 N–H and O–H groups in total. The molecule has 0 amide bonds. The van der Waals surface area contributed by atoms with Crippen LogP contribution in [0.4, 0.5) is 8.78 Å². The van der Waals surface area contributed by atoms with Gasteiger partial charge in [-0.25, -0.2) is 8.78 Å². The van der Waals surface area contributed by atoms with Crippen molar-refractivity contribution in [3.63, 3.8) is 0 Å². The van der Waals surface area contributed by atoms with Gasteiger partial charge in [0.25, 0.3) is 0 Å². The number of rotatable bonds is 2. The summed E-state index contributed by atoms with van der Waals surface area (Å²) in [6.45, 7) is 0. The lowest BCUT2D eigenvalue weighted by molar-refractivity contribution is 0.149. The Hall–Kier alpha value is -0.610. The van der Waals surface area contributed by atoms with Crippen LogP contribution in [0, 0.1) is 17.6 Å². The summed E-state index contributed by atoms with van der Waals surface area (Å²) in [6.07, 6.45) is 0.0234. The summed E-state index contributed by atoms with van der Waals surface area (Å²) in [7, 11) is 0. The molecule has 1 fully saturated rings. The van der Waals surface area contributed by atoms with E-state index in [0.717, 1.165) is 11.8 Å². The van der Waals surface area contributed by atoms with Crippen LogP contribution < -0.4 is 0 Å². The first-order valence-electron chi connectivity index (χ1n) is 4.87. The first kappa shape index (κ1) is 10.9. The second-order valence-corrected chi connectivity index (χ2v) is 4.86. The zero-order chi connectivity index (χ0) is 10.8. The quantitative estimate of drug-likeness (QED) is 0.840. The molecule has 2 rings (SSSR count). The van der Waals surface area contributed by atoms with Gasteiger partial charge in [0.1, 0.15) is 0 Å². The Morgan fingerprint density at radius 2 is 2.13 bits per heavy atom. The van der Waals surface area contributed by atoms with E-state index in [2.05, 4.69) is 0 Å². The van der Waals surface area contributed by atoms with Crippen molar-refractivity contribution < 1.29 is 13.9 Å². The zero-order valence-corrected chi connectivity index (χ0v) is 8.94. The second-order valence-electron chi connectivity index (χ2n) is 3.78. The van der Waals surface area contributed by atoms with E-state index in [1.54, 1.807) is 17.8 Å². The summed E-state index contributed by atoms with van der Waals surface area (Å²) in [5.74, 6) is -0.0285. The van der Waals surface area contributed by atoms with Crippen molar-refractivity contribution in [2.24, 2.45) is 5.92 Å². The van der Waals surface area contributed by atoms with Gasteiger partial charge in [0, 0.05) is 5.75 Å². The highest BCUT2D eigenvalue weighted by Crippen LogP contribution is 2.28. The lowest BCUT2D eigenvalue weighted by Gasteiger charge is -2.13. The van der Waals surface area contributed by atoms with Crippen molar-refractivity contribution in [3.05, 3.63) is 35.4 Å². The minimum atomic E-state index is -0.812. The van der Waals surface area contributed by atoms with Crippen LogP contribution in [-0.2, 0) is 6.42 Å². The summed E-state index contributed by atoms with van der Waals surface area (Å²) < 4.78 is 26.2. The lowest BCUT2D eigenvalue weighted by Crippen LogP contribution is -2.20. The smallest absolute Gasteiger partial charge is 0.162 e. The molecule has 15 heavy (non-hydrogen) atoms. The van der Waals surface area contributed by atoms with Crippen molar-refractivity contribution in [1.82, 2.24) is 0 Å². The van der Waals surface area contributed by atoms with E-state index in [9.17, 15) is 13.9 Å². The monoisotopic (exact) mass is 230 g/mol. The van der Waals surface area contributed by atoms with Crippen LogP contribution in [0.15, 0.2) is 18.2 Å². The van der Waals surface area contributed by atoms with E-state index in [0.29, 0.717) is 17.7 Å². The maximum absolute atomic E-state index is 13.3. The maximum atomic E-state index is 13.3. The first-order chi connectivity index (χ1) is 7.18. The van der Waals surface area contributed by atoms with E-state index < -0.39 is 17.7 Å². The third-order valence-electron chi connectivity index (χ3n) is 2.68. The fraction of sp³-hybridized carbons (Fsp3) is 0.455. The van der Waals surface area contributed by atoms with Gasteiger partial charge in [-0.05, 0) is 29.7 Å². The number of aliphatic hydroxyl groups excluding tert-OH is 1. The highest BCUT2D eigenvalue weighted by Gasteiger charge is 2.27. The maximum Gasteiger partial charge on any atom is 0.162 e. The Labute approximate surface area is 91.5 Å². The summed E-state index contributed by atoms with van der Waals surface area (Å²) in [4.78, 5) is 0. The SMILES string of the molecule is OC1CSCC1Cc1cccc(F)c1F. The Kier molecular flexibility index (Phi) is 3.26. The minimum Gasteiger partial charge on any atom is -0.392 e. The molecule has 1 nitrogen and oxygen atoms in total. The highest BCUT2D eigenvalue weighted by atomic mass is 32.2. The van der Waals surface area contributed by atoms with Crippen LogP contribution in [0.1, 0.15) is 5.56 Å². The fourth-order valence-corrected chi connectivity index (χ4v) is 3.06. The molecular weight excluding hydrogens is 218 g/mol. The predicted octanol–water partition coefficient (Wildman–Crippen LogP) is 2.23. The normalized spacial score (nSPS) is 25.8. The summed E-state index contributed by atoms with van der Waals surface area (Å²) in [5, 5.41) is 9.57. The number of hydrogen-bond donors (Lipinski definition) is 1. The van der Waals surface area contributed by atoms with Crippen LogP contribution >= 0.6 is 11.8 Å². The average molecular weight is 230 g/mol. The molecule has 1 aromatic rings. The molecule has 1 aliphatic heterocycles. The molecule has 0 aliphatic carbocycles. The third kappa shape index (κ3) is 2.32.